The zero-order chi connectivity index (χ0) is 17.6. The molecule has 0 radical (unpaired) electrons. The van der Waals surface area contributed by atoms with Crippen LogP contribution >= 0.6 is 0 Å². The zero-order valence-corrected chi connectivity index (χ0v) is 13.6. The van der Waals surface area contributed by atoms with Crippen molar-refractivity contribution in [3.8, 4) is 5.75 Å². The summed E-state index contributed by atoms with van der Waals surface area (Å²) in [6, 6.07) is 4.17. The molecule has 3 aliphatic heterocycles. The van der Waals surface area contributed by atoms with Crippen LogP contribution in [0.5, 0.6) is 5.75 Å². The van der Waals surface area contributed by atoms with Gasteiger partial charge < -0.3 is 19.4 Å². The Labute approximate surface area is 143 Å². The van der Waals surface area contributed by atoms with Crippen LogP contribution < -0.4 is 4.74 Å². The number of ether oxygens (including phenoxy) is 1. The summed E-state index contributed by atoms with van der Waals surface area (Å²) in [5.74, 6) is -0.297. The Balaban J connectivity index is 1.46. The summed E-state index contributed by atoms with van der Waals surface area (Å²) >= 11 is 0. The lowest BCUT2D eigenvalue weighted by Crippen LogP contribution is -2.69. The number of fused-ring (bicyclic) bond motifs is 2. The maximum atomic E-state index is 12.9. The molecule has 1 aromatic carbocycles. The molecule has 1 aromatic rings. The molecule has 3 saturated heterocycles. The Hall–Kier alpha value is -2.64. The number of halogens is 1. The van der Waals surface area contributed by atoms with Crippen LogP contribution in [0.4, 0.5) is 9.18 Å². The van der Waals surface area contributed by atoms with E-state index in [4.69, 9.17) is 4.74 Å². The second-order valence-electron chi connectivity index (χ2n) is 6.50. The van der Waals surface area contributed by atoms with E-state index in [9.17, 15) is 18.8 Å². The fraction of sp³-hybridized carbons (Fsp3) is 0.471. The standard InChI is InChI=1S/C17H18FN3O4/c18-11-3-5-12(6-4-11)25-17(24)19-8-9-21-14(10-19)16(23)20-7-1-2-13(20)15(21)22/h3-6,13-14H,1-2,7-10H2/t13-,14-/m1/s1. The van der Waals surface area contributed by atoms with Crippen molar-refractivity contribution in [1.29, 1.82) is 0 Å². The van der Waals surface area contributed by atoms with Crippen molar-refractivity contribution in [3.63, 3.8) is 0 Å². The average molecular weight is 347 g/mol. The molecule has 4 rings (SSSR count). The highest BCUT2D eigenvalue weighted by Crippen LogP contribution is 2.29. The molecular formula is C17H18FN3O4. The highest BCUT2D eigenvalue weighted by Gasteiger charge is 2.50. The third-order valence-electron chi connectivity index (χ3n) is 5.05. The Morgan fingerprint density at radius 3 is 2.44 bits per heavy atom. The molecule has 8 heteroatoms. The monoisotopic (exact) mass is 347 g/mol. The molecule has 3 fully saturated rings. The van der Waals surface area contributed by atoms with Crippen LogP contribution in [-0.2, 0) is 9.59 Å². The fourth-order valence-corrected chi connectivity index (χ4v) is 3.76. The highest BCUT2D eigenvalue weighted by atomic mass is 19.1. The largest absolute Gasteiger partial charge is 0.415 e. The van der Waals surface area contributed by atoms with Crippen molar-refractivity contribution in [3.05, 3.63) is 30.1 Å². The lowest BCUT2D eigenvalue weighted by Gasteiger charge is -2.47. The maximum absolute atomic E-state index is 12.9. The molecule has 7 nitrogen and oxygen atoms in total. The van der Waals surface area contributed by atoms with Crippen molar-refractivity contribution in [1.82, 2.24) is 14.7 Å². The predicted molar refractivity (Wildman–Crippen MR) is 84.2 cm³/mol. The molecule has 25 heavy (non-hydrogen) atoms. The molecular weight excluding hydrogens is 329 g/mol. The summed E-state index contributed by atoms with van der Waals surface area (Å²) in [5.41, 5.74) is 0. The molecule has 0 spiro atoms. The Kier molecular flexibility index (Phi) is 3.82. The number of amides is 3. The third-order valence-corrected chi connectivity index (χ3v) is 5.05. The first kappa shape index (κ1) is 15.9. The van der Waals surface area contributed by atoms with Gasteiger partial charge >= 0.3 is 6.09 Å². The van der Waals surface area contributed by atoms with E-state index in [0.29, 0.717) is 26.1 Å². The lowest BCUT2D eigenvalue weighted by atomic mass is 10.0. The smallest absolute Gasteiger partial charge is 0.410 e. The number of hydrogen-bond acceptors (Lipinski definition) is 4. The molecule has 3 heterocycles. The van der Waals surface area contributed by atoms with E-state index in [-0.39, 0.29) is 30.2 Å². The van der Waals surface area contributed by atoms with E-state index >= 15 is 0 Å². The van der Waals surface area contributed by atoms with Gasteiger partial charge in [-0.2, -0.15) is 0 Å². The molecule has 2 atom stereocenters. The maximum Gasteiger partial charge on any atom is 0.415 e. The molecule has 0 N–H and O–H groups in total. The van der Waals surface area contributed by atoms with Crippen LogP contribution in [0.25, 0.3) is 0 Å². The van der Waals surface area contributed by atoms with Gasteiger partial charge in [0.2, 0.25) is 11.8 Å². The predicted octanol–water partition coefficient (Wildman–Crippen LogP) is 0.842. The van der Waals surface area contributed by atoms with Crippen molar-refractivity contribution in [2.75, 3.05) is 26.2 Å². The van der Waals surface area contributed by atoms with Crippen LogP contribution in [0.2, 0.25) is 0 Å². The zero-order valence-electron chi connectivity index (χ0n) is 13.6. The number of carbonyl (C=O) groups excluding carboxylic acids is 3. The first-order valence-electron chi connectivity index (χ1n) is 8.38. The molecule has 132 valence electrons. The van der Waals surface area contributed by atoms with Crippen molar-refractivity contribution in [2.24, 2.45) is 0 Å². The minimum Gasteiger partial charge on any atom is -0.410 e. The van der Waals surface area contributed by atoms with Gasteiger partial charge in [0.25, 0.3) is 0 Å². The SMILES string of the molecule is O=C(Oc1ccc(F)cc1)N1CCN2C(=O)[C@H]3CCCN3C(=O)[C@H]2C1. The van der Waals surface area contributed by atoms with Crippen LogP contribution in [0.3, 0.4) is 0 Å². The van der Waals surface area contributed by atoms with Gasteiger partial charge in [-0.3, -0.25) is 9.59 Å². The summed E-state index contributed by atoms with van der Waals surface area (Å²) in [4.78, 5) is 42.2. The summed E-state index contributed by atoms with van der Waals surface area (Å²) < 4.78 is 18.1. The Morgan fingerprint density at radius 1 is 1.00 bits per heavy atom. The highest BCUT2D eigenvalue weighted by molar-refractivity contribution is 5.98. The van der Waals surface area contributed by atoms with E-state index in [1.807, 2.05) is 0 Å². The first-order chi connectivity index (χ1) is 12.0. The van der Waals surface area contributed by atoms with Gasteiger partial charge in [-0.15, -0.1) is 0 Å². The average Bonchev–Trinajstić information content (AvgIpc) is 3.11. The van der Waals surface area contributed by atoms with Crippen LogP contribution in [-0.4, -0.2) is 70.9 Å². The van der Waals surface area contributed by atoms with Gasteiger partial charge in [-0.25, -0.2) is 9.18 Å². The molecule has 3 amide bonds. The van der Waals surface area contributed by atoms with E-state index in [0.717, 1.165) is 6.42 Å². The van der Waals surface area contributed by atoms with Crippen LogP contribution in [0.15, 0.2) is 24.3 Å². The minimum absolute atomic E-state index is 0.0198. The molecule has 0 aliphatic carbocycles. The van der Waals surface area contributed by atoms with Gasteiger partial charge in [0.1, 0.15) is 23.7 Å². The lowest BCUT2D eigenvalue weighted by molar-refractivity contribution is -0.162. The van der Waals surface area contributed by atoms with E-state index < -0.39 is 18.0 Å². The topological polar surface area (TPSA) is 70.2 Å². The normalized spacial score (nSPS) is 25.7. The van der Waals surface area contributed by atoms with Gasteiger partial charge in [0.05, 0.1) is 6.54 Å². The number of rotatable bonds is 1. The van der Waals surface area contributed by atoms with E-state index in [1.165, 1.54) is 29.2 Å². The van der Waals surface area contributed by atoms with Gasteiger partial charge in [0, 0.05) is 19.6 Å². The van der Waals surface area contributed by atoms with Crippen molar-refractivity contribution >= 4 is 17.9 Å². The van der Waals surface area contributed by atoms with Crippen LogP contribution in [0.1, 0.15) is 12.8 Å². The molecule has 3 aliphatic rings. The number of benzene rings is 1. The quantitative estimate of drug-likeness (QED) is 0.755. The van der Waals surface area contributed by atoms with E-state index in [2.05, 4.69) is 0 Å². The molecule has 0 aromatic heterocycles. The first-order valence-corrected chi connectivity index (χ1v) is 8.38. The number of nitrogens with zero attached hydrogens (tertiary/aromatic N) is 3. The number of carbonyl (C=O) groups is 3. The Morgan fingerprint density at radius 2 is 1.68 bits per heavy atom. The summed E-state index contributed by atoms with van der Waals surface area (Å²) in [7, 11) is 0. The second kappa shape index (κ2) is 6.02. The number of piperazine rings is 2. The summed E-state index contributed by atoms with van der Waals surface area (Å²) in [6.45, 7) is 1.34. The fourth-order valence-electron chi connectivity index (χ4n) is 3.76. The van der Waals surface area contributed by atoms with Crippen LogP contribution in [0, 0.1) is 5.82 Å². The van der Waals surface area contributed by atoms with Gasteiger partial charge in [0.15, 0.2) is 0 Å². The van der Waals surface area contributed by atoms with Gasteiger partial charge in [-0.05, 0) is 37.1 Å². The van der Waals surface area contributed by atoms with Gasteiger partial charge in [-0.1, -0.05) is 0 Å². The molecule has 0 saturated carbocycles. The minimum atomic E-state index is -0.642. The third kappa shape index (κ3) is 2.71. The van der Waals surface area contributed by atoms with E-state index in [1.54, 1.807) is 9.80 Å². The summed E-state index contributed by atoms with van der Waals surface area (Å²) in [6.07, 6.45) is 0.943. The second-order valence-corrected chi connectivity index (χ2v) is 6.50. The van der Waals surface area contributed by atoms with Crippen molar-refractivity contribution in [2.45, 2.75) is 24.9 Å². The number of hydrogen-bond donors (Lipinski definition) is 0. The van der Waals surface area contributed by atoms with Crippen molar-refractivity contribution < 1.29 is 23.5 Å². The molecule has 0 bridgehead atoms. The Bertz CT molecular complexity index is 723. The summed E-state index contributed by atoms with van der Waals surface area (Å²) in [5, 5.41) is 0. The molecule has 0 unspecified atom stereocenters.